The molecule has 0 aliphatic carbocycles. The Morgan fingerprint density at radius 3 is 2.43 bits per heavy atom. The molecule has 0 aromatic heterocycles. The Morgan fingerprint density at radius 2 is 1.71 bits per heavy atom. The van der Waals surface area contributed by atoms with Crippen molar-refractivity contribution in [3.05, 3.63) is 71.3 Å². The minimum absolute atomic E-state index is 0.265. The van der Waals surface area contributed by atoms with E-state index < -0.39 is 0 Å². The zero-order chi connectivity index (χ0) is 15.1. The van der Waals surface area contributed by atoms with Crippen LogP contribution in [0.4, 0.5) is 0 Å². The Bertz CT molecular complexity index is 598. The first-order valence-electron chi connectivity index (χ1n) is 7.49. The first-order valence-corrected chi connectivity index (χ1v) is 7.49. The van der Waals surface area contributed by atoms with Crippen molar-refractivity contribution in [2.24, 2.45) is 0 Å². The Morgan fingerprint density at radius 1 is 1.00 bits per heavy atom. The van der Waals surface area contributed by atoms with E-state index in [9.17, 15) is 0 Å². The van der Waals surface area contributed by atoms with Crippen LogP contribution in [0, 0.1) is 11.3 Å². The zero-order valence-electron chi connectivity index (χ0n) is 12.7. The van der Waals surface area contributed by atoms with E-state index in [0.29, 0.717) is 5.92 Å². The Kier molecular flexibility index (Phi) is 5.54. The number of nitriles is 1. The normalized spacial score (nSPS) is 13.4. The van der Waals surface area contributed by atoms with Gasteiger partial charge in [-0.3, -0.25) is 0 Å². The van der Waals surface area contributed by atoms with Crippen molar-refractivity contribution in [3.8, 4) is 6.07 Å². The largest absolute Gasteiger partial charge is 0.310 e. The lowest BCUT2D eigenvalue weighted by molar-refractivity contribution is 0.531. The molecule has 2 nitrogen and oxygen atoms in total. The van der Waals surface area contributed by atoms with Gasteiger partial charge in [0, 0.05) is 6.04 Å². The molecule has 2 aromatic rings. The van der Waals surface area contributed by atoms with Crippen LogP contribution in [0.1, 0.15) is 48.9 Å². The van der Waals surface area contributed by atoms with Crippen molar-refractivity contribution >= 4 is 0 Å². The van der Waals surface area contributed by atoms with Crippen molar-refractivity contribution in [3.63, 3.8) is 0 Å². The van der Waals surface area contributed by atoms with E-state index in [1.165, 1.54) is 11.1 Å². The van der Waals surface area contributed by atoms with Crippen LogP contribution in [-0.2, 0) is 0 Å². The SMILES string of the molecule is CC(CCNC(C)c1cccc(C#N)c1)c1ccccc1. The predicted octanol–water partition coefficient (Wildman–Crippen LogP) is 4.40. The lowest BCUT2D eigenvalue weighted by Gasteiger charge is -2.17. The van der Waals surface area contributed by atoms with Gasteiger partial charge in [0.05, 0.1) is 11.6 Å². The molecule has 0 saturated carbocycles. The zero-order valence-corrected chi connectivity index (χ0v) is 12.7. The summed E-state index contributed by atoms with van der Waals surface area (Å²) in [6.45, 7) is 5.37. The molecule has 0 heterocycles. The molecule has 108 valence electrons. The summed E-state index contributed by atoms with van der Waals surface area (Å²) < 4.78 is 0. The van der Waals surface area contributed by atoms with Crippen LogP contribution in [-0.4, -0.2) is 6.54 Å². The maximum absolute atomic E-state index is 8.95. The Balaban J connectivity index is 1.84. The predicted molar refractivity (Wildman–Crippen MR) is 87.0 cm³/mol. The van der Waals surface area contributed by atoms with Gasteiger partial charge in [-0.1, -0.05) is 49.4 Å². The highest BCUT2D eigenvalue weighted by Gasteiger charge is 2.08. The summed E-state index contributed by atoms with van der Waals surface area (Å²) in [6, 6.07) is 20.9. The second-order valence-electron chi connectivity index (χ2n) is 5.51. The quantitative estimate of drug-likeness (QED) is 0.850. The van der Waals surface area contributed by atoms with E-state index in [1.54, 1.807) is 0 Å². The minimum atomic E-state index is 0.265. The van der Waals surface area contributed by atoms with Crippen molar-refractivity contribution in [1.29, 1.82) is 5.26 Å². The Labute approximate surface area is 127 Å². The van der Waals surface area contributed by atoms with Gasteiger partial charge in [-0.25, -0.2) is 0 Å². The second kappa shape index (κ2) is 7.61. The first-order chi connectivity index (χ1) is 10.2. The van der Waals surface area contributed by atoms with Crippen LogP contribution in [0.15, 0.2) is 54.6 Å². The fourth-order valence-corrected chi connectivity index (χ4v) is 2.46. The molecule has 0 spiro atoms. The molecule has 0 saturated heterocycles. The molecule has 0 aliphatic heterocycles. The minimum Gasteiger partial charge on any atom is -0.310 e. The number of hydrogen-bond donors (Lipinski definition) is 1. The summed E-state index contributed by atoms with van der Waals surface area (Å²) >= 11 is 0. The molecule has 2 heteroatoms. The van der Waals surface area contributed by atoms with Crippen molar-refractivity contribution in [1.82, 2.24) is 5.32 Å². The molecule has 0 amide bonds. The summed E-state index contributed by atoms with van der Waals surface area (Å²) in [7, 11) is 0. The van der Waals surface area contributed by atoms with Crippen LogP contribution in [0.25, 0.3) is 0 Å². The fraction of sp³-hybridized carbons (Fsp3) is 0.316. The van der Waals surface area contributed by atoms with Crippen molar-refractivity contribution in [2.45, 2.75) is 32.2 Å². The van der Waals surface area contributed by atoms with E-state index in [2.05, 4.69) is 61.6 Å². The summed E-state index contributed by atoms with van der Waals surface area (Å²) in [6.07, 6.45) is 1.10. The summed E-state index contributed by atoms with van der Waals surface area (Å²) in [5.74, 6) is 0.552. The fourth-order valence-electron chi connectivity index (χ4n) is 2.46. The molecule has 2 unspecified atom stereocenters. The number of benzene rings is 2. The summed E-state index contributed by atoms with van der Waals surface area (Å²) in [5.41, 5.74) is 3.28. The molecular formula is C19H22N2. The number of hydrogen-bond acceptors (Lipinski definition) is 2. The maximum Gasteiger partial charge on any atom is 0.0991 e. The highest BCUT2D eigenvalue weighted by molar-refractivity contribution is 5.34. The first kappa shape index (κ1) is 15.3. The molecule has 1 N–H and O–H groups in total. The van der Waals surface area contributed by atoms with E-state index in [-0.39, 0.29) is 6.04 Å². The molecule has 21 heavy (non-hydrogen) atoms. The average Bonchev–Trinajstić information content (AvgIpc) is 2.55. The molecule has 0 fully saturated rings. The van der Waals surface area contributed by atoms with Gasteiger partial charge in [0.1, 0.15) is 0 Å². The van der Waals surface area contributed by atoms with Crippen molar-refractivity contribution < 1.29 is 0 Å². The van der Waals surface area contributed by atoms with E-state index in [0.717, 1.165) is 18.5 Å². The number of nitrogens with one attached hydrogen (secondary N) is 1. The van der Waals surface area contributed by atoms with Gasteiger partial charge in [0.15, 0.2) is 0 Å². The van der Waals surface area contributed by atoms with Gasteiger partial charge >= 0.3 is 0 Å². The third-order valence-corrected chi connectivity index (χ3v) is 3.91. The lowest BCUT2D eigenvalue weighted by atomic mass is 9.97. The third-order valence-electron chi connectivity index (χ3n) is 3.91. The topological polar surface area (TPSA) is 35.8 Å². The van der Waals surface area contributed by atoms with Crippen LogP contribution in [0.5, 0.6) is 0 Å². The third kappa shape index (κ3) is 4.44. The summed E-state index contributed by atoms with van der Waals surface area (Å²) in [4.78, 5) is 0. The number of rotatable bonds is 6. The molecule has 0 radical (unpaired) electrons. The molecule has 0 bridgehead atoms. The Hall–Kier alpha value is -2.11. The van der Waals surface area contributed by atoms with Gasteiger partial charge < -0.3 is 5.32 Å². The van der Waals surface area contributed by atoms with Crippen LogP contribution in [0.2, 0.25) is 0 Å². The van der Waals surface area contributed by atoms with Gasteiger partial charge in [0.2, 0.25) is 0 Å². The second-order valence-corrected chi connectivity index (χ2v) is 5.51. The lowest BCUT2D eigenvalue weighted by Crippen LogP contribution is -2.21. The molecular weight excluding hydrogens is 256 g/mol. The standard InChI is InChI=1S/C19H22N2/c1-15(18-8-4-3-5-9-18)11-12-21-16(2)19-10-6-7-17(13-19)14-20/h3-10,13,15-16,21H,11-12H2,1-2H3. The summed E-state index contributed by atoms with van der Waals surface area (Å²) in [5, 5.41) is 12.5. The van der Waals surface area contributed by atoms with Crippen LogP contribution in [0.3, 0.4) is 0 Å². The molecule has 2 aromatic carbocycles. The highest BCUT2D eigenvalue weighted by Crippen LogP contribution is 2.19. The highest BCUT2D eigenvalue weighted by atomic mass is 14.9. The molecule has 2 atom stereocenters. The number of nitrogens with zero attached hydrogens (tertiary/aromatic N) is 1. The van der Waals surface area contributed by atoms with Gasteiger partial charge in [-0.05, 0) is 49.1 Å². The maximum atomic E-state index is 8.95. The van der Waals surface area contributed by atoms with Gasteiger partial charge in [-0.2, -0.15) is 5.26 Å². The van der Waals surface area contributed by atoms with Crippen LogP contribution >= 0.6 is 0 Å². The van der Waals surface area contributed by atoms with E-state index in [4.69, 9.17) is 5.26 Å². The molecule has 2 rings (SSSR count). The molecule has 0 aliphatic rings. The van der Waals surface area contributed by atoms with Crippen LogP contribution < -0.4 is 5.32 Å². The van der Waals surface area contributed by atoms with E-state index in [1.807, 2.05) is 18.2 Å². The van der Waals surface area contributed by atoms with Gasteiger partial charge in [0.25, 0.3) is 0 Å². The van der Waals surface area contributed by atoms with Gasteiger partial charge in [-0.15, -0.1) is 0 Å². The van der Waals surface area contributed by atoms with E-state index >= 15 is 0 Å². The monoisotopic (exact) mass is 278 g/mol. The smallest absolute Gasteiger partial charge is 0.0991 e. The van der Waals surface area contributed by atoms with Crippen molar-refractivity contribution in [2.75, 3.05) is 6.54 Å². The average molecular weight is 278 g/mol.